The van der Waals surface area contributed by atoms with Crippen LogP contribution in [0.5, 0.6) is 0 Å². The summed E-state index contributed by atoms with van der Waals surface area (Å²) in [5, 5.41) is 2.66. The van der Waals surface area contributed by atoms with Gasteiger partial charge in [0.2, 0.25) is 0 Å². The smallest absolute Gasteiger partial charge is 0.252 e. The molecule has 0 atom stereocenters. The Hall–Kier alpha value is -0.800. The summed E-state index contributed by atoms with van der Waals surface area (Å²) >= 11 is 11.3. The molecule has 0 fully saturated rings. The maximum atomic E-state index is 13.1. The Morgan fingerprint density at radius 3 is 2.67 bits per heavy atom. The molecule has 0 aliphatic rings. The second kappa shape index (κ2) is 5.33. The molecule has 0 aliphatic heterocycles. The Balaban J connectivity index is 2.94. The van der Waals surface area contributed by atoms with E-state index in [1.165, 1.54) is 6.07 Å². The topological polar surface area (TPSA) is 29.1 Å². The standard InChI is InChI=1S/C10H10Cl2FNO/c1-2-3-14-10(15)6-4-9(13)8(12)5-7(6)11/h4-5H,2-3H2,1H3,(H,14,15). The minimum Gasteiger partial charge on any atom is -0.352 e. The molecule has 1 amide bonds. The number of hydrogen-bond acceptors (Lipinski definition) is 1. The van der Waals surface area contributed by atoms with Crippen LogP contribution in [-0.2, 0) is 0 Å². The minimum absolute atomic E-state index is 0.0907. The molecule has 2 nitrogen and oxygen atoms in total. The van der Waals surface area contributed by atoms with Crippen LogP contribution in [0.4, 0.5) is 4.39 Å². The van der Waals surface area contributed by atoms with Crippen molar-refractivity contribution < 1.29 is 9.18 Å². The Morgan fingerprint density at radius 1 is 1.40 bits per heavy atom. The summed E-state index contributed by atoms with van der Waals surface area (Å²) in [6.45, 7) is 2.45. The lowest BCUT2D eigenvalue weighted by Gasteiger charge is -2.06. The third-order valence-electron chi connectivity index (χ3n) is 1.79. The Bertz CT molecular complexity index is 382. The van der Waals surface area contributed by atoms with Crippen molar-refractivity contribution in [3.8, 4) is 0 Å². The molecule has 0 saturated carbocycles. The number of amides is 1. The fourth-order valence-corrected chi connectivity index (χ4v) is 1.50. The van der Waals surface area contributed by atoms with E-state index in [0.29, 0.717) is 6.54 Å². The monoisotopic (exact) mass is 249 g/mol. The summed E-state index contributed by atoms with van der Waals surface area (Å²) in [5.41, 5.74) is 0.104. The average molecular weight is 250 g/mol. The van der Waals surface area contributed by atoms with Crippen molar-refractivity contribution in [3.05, 3.63) is 33.6 Å². The van der Waals surface area contributed by atoms with E-state index in [4.69, 9.17) is 23.2 Å². The third kappa shape index (κ3) is 3.08. The molecule has 0 heterocycles. The van der Waals surface area contributed by atoms with Gasteiger partial charge in [-0.3, -0.25) is 4.79 Å². The van der Waals surface area contributed by atoms with Gasteiger partial charge in [-0.05, 0) is 18.6 Å². The first kappa shape index (κ1) is 12.3. The highest BCUT2D eigenvalue weighted by Crippen LogP contribution is 2.24. The molecule has 15 heavy (non-hydrogen) atoms. The van der Waals surface area contributed by atoms with E-state index in [9.17, 15) is 9.18 Å². The summed E-state index contributed by atoms with van der Waals surface area (Å²) < 4.78 is 13.1. The van der Waals surface area contributed by atoms with E-state index in [1.807, 2.05) is 6.92 Å². The summed E-state index contributed by atoms with van der Waals surface area (Å²) in [6.07, 6.45) is 0.805. The van der Waals surface area contributed by atoms with Crippen LogP contribution in [0.2, 0.25) is 10.0 Å². The molecule has 0 saturated heterocycles. The Morgan fingerprint density at radius 2 is 2.07 bits per heavy atom. The second-order valence-electron chi connectivity index (χ2n) is 3.00. The van der Waals surface area contributed by atoms with Gasteiger partial charge in [0.15, 0.2) is 0 Å². The van der Waals surface area contributed by atoms with Crippen molar-refractivity contribution in [2.75, 3.05) is 6.54 Å². The molecule has 0 bridgehead atoms. The predicted octanol–water partition coefficient (Wildman–Crippen LogP) is 3.27. The first-order valence-electron chi connectivity index (χ1n) is 4.49. The molecular weight excluding hydrogens is 240 g/mol. The number of carbonyl (C=O) groups is 1. The van der Waals surface area contributed by atoms with Gasteiger partial charge in [-0.1, -0.05) is 30.1 Å². The van der Waals surface area contributed by atoms with Gasteiger partial charge in [-0.2, -0.15) is 0 Å². The lowest BCUT2D eigenvalue weighted by Crippen LogP contribution is -2.24. The summed E-state index contributed by atoms with van der Waals surface area (Å²) in [5.74, 6) is -1.04. The fraction of sp³-hybridized carbons (Fsp3) is 0.300. The van der Waals surface area contributed by atoms with Crippen molar-refractivity contribution in [1.29, 1.82) is 0 Å². The number of rotatable bonds is 3. The third-order valence-corrected chi connectivity index (χ3v) is 2.39. The van der Waals surface area contributed by atoms with Gasteiger partial charge in [0, 0.05) is 6.54 Å². The second-order valence-corrected chi connectivity index (χ2v) is 3.82. The molecule has 82 valence electrons. The van der Waals surface area contributed by atoms with Gasteiger partial charge in [0.05, 0.1) is 15.6 Å². The molecule has 0 radical (unpaired) electrons. The van der Waals surface area contributed by atoms with Crippen molar-refractivity contribution in [1.82, 2.24) is 5.32 Å². The molecule has 1 rings (SSSR count). The maximum absolute atomic E-state index is 13.1. The molecule has 0 aliphatic carbocycles. The highest BCUT2D eigenvalue weighted by Gasteiger charge is 2.13. The lowest BCUT2D eigenvalue weighted by atomic mass is 10.2. The van der Waals surface area contributed by atoms with Crippen LogP contribution in [-0.4, -0.2) is 12.5 Å². The number of hydrogen-bond donors (Lipinski definition) is 1. The molecule has 1 N–H and O–H groups in total. The van der Waals surface area contributed by atoms with Gasteiger partial charge < -0.3 is 5.32 Å². The van der Waals surface area contributed by atoms with Crippen LogP contribution in [0.15, 0.2) is 12.1 Å². The first-order chi connectivity index (χ1) is 7.06. The van der Waals surface area contributed by atoms with E-state index in [0.717, 1.165) is 12.5 Å². The SMILES string of the molecule is CCCNC(=O)c1cc(F)c(Cl)cc1Cl. The lowest BCUT2D eigenvalue weighted by molar-refractivity contribution is 0.0953. The largest absolute Gasteiger partial charge is 0.352 e. The van der Waals surface area contributed by atoms with Gasteiger partial charge in [-0.25, -0.2) is 4.39 Å². The van der Waals surface area contributed by atoms with Crippen LogP contribution in [0.1, 0.15) is 23.7 Å². The van der Waals surface area contributed by atoms with Gasteiger partial charge >= 0.3 is 0 Å². The predicted molar refractivity (Wildman–Crippen MR) is 59.0 cm³/mol. The number of carbonyl (C=O) groups excluding carboxylic acids is 1. The van der Waals surface area contributed by atoms with Crippen molar-refractivity contribution in [3.63, 3.8) is 0 Å². The fourth-order valence-electron chi connectivity index (χ4n) is 1.03. The van der Waals surface area contributed by atoms with Crippen LogP contribution in [0.3, 0.4) is 0 Å². The summed E-state index contributed by atoms with van der Waals surface area (Å²) in [7, 11) is 0. The molecule has 0 spiro atoms. The molecule has 1 aromatic rings. The molecular formula is C10H10Cl2FNO. The normalized spacial score (nSPS) is 10.1. The van der Waals surface area contributed by atoms with Crippen LogP contribution in [0.25, 0.3) is 0 Å². The number of nitrogens with one attached hydrogen (secondary N) is 1. The molecule has 5 heteroatoms. The number of benzene rings is 1. The highest BCUT2D eigenvalue weighted by atomic mass is 35.5. The minimum atomic E-state index is -0.650. The van der Waals surface area contributed by atoms with Gasteiger partial charge in [-0.15, -0.1) is 0 Å². The zero-order valence-corrected chi connectivity index (χ0v) is 9.62. The molecule has 0 aromatic heterocycles. The number of halogens is 3. The van der Waals surface area contributed by atoms with E-state index in [-0.39, 0.29) is 15.6 Å². The summed E-state index contributed by atoms with van der Waals surface area (Å²) in [6, 6.07) is 2.26. The van der Waals surface area contributed by atoms with Gasteiger partial charge in [0.25, 0.3) is 5.91 Å². The zero-order valence-electron chi connectivity index (χ0n) is 8.11. The average Bonchev–Trinajstić information content (AvgIpc) is 2.20. The van der Waals surface area contributed by atoms with E-state index < -0.39 is 11.7 Å². The first-order valence-corrected chi connectivity index (χ1v) is 5.24. The zero-order chi connectivity index (χ0) is 11.4. The van der Waals surface area contributed by atoms with Crippen molar-refractivity contribution >= 4 is 29.1 Å². The van der Waals surface area contributed by atoms with Crippen LogP contribution in [0, 0.1) is 5.82 Å². The van der Waals surface area contributed by atoms with E-state index in [2.05, 4.69) is 5.32 Å². The van der Waals surface area contributed by atoms with Crippen LogP contribution >= 0.6 is 23.2 Å². The van der Waals surface area contributed by atoms with Gasteiger partial charge in [0.1, 0.15) is 5.82 Å². The Kier molecular flexibility index (Phi) is 4.36. The summed E-state index contributed by atoms with van der Waals surface area (Å²) in [4.78, 5) is 11.5. The molecule has 0 unspecified atom stereocenters. The van der Waals surface area contributed by atoms with Crippen molar-refractivity contribution in [2.24, 2.45) is 0 Å². The highest BCUT2D eigenvalue weighted by molar-refractivity contribution is 6.36. The maximum Gasteiger partial charge on any atom is 0.252 e. The Labute approximate surface area is 97.4 Å². The van der Waals surface area contributed by atoms with Crippen molar-refractivity contribution in [2.45, 2.75) is 13.3 Å². The quantitative estimate of drug-likeness (QED) is 0.819. The van der Waals surface area contributed by atoms with E-state index >= 15 is 0 Å². The molecule has 1 aromatic carbocycles. The van der Waals surface area contributed by atoms with E-state index in [1.54, 1.807) is 0 Å². The van der Waals surface area contributed by atoms with Crippen LogP contribution < -0.4 is 5.32 Å².